The van der Waals surface area contributed by atoms with Gasteiger partial charge in [0.15, 0.2) is 0 Å². The average molecular weight is 651 g/mol. The Morgan fingerprint density at radius 2 is 1.02 bits per heavy atom. The minimum atomic E-state index is -4.38. The molecular weight excluding hydrogens is 622 g/mol. The number of nitrogens with one attached hydrogen (secondary N) is 2. The highest BCUT2D eigenvalue weighted by Crippen LogP contribution is 2.30. The van der Waals surface area contributed by atoms with Crippen LogP contribution in [0.25, 0.3) is 0 Å². The summed E-state index contributed by atoms with van der Waals surface area (Å²) in [6.45, 7) is 0.736. The number of carboxylic acids is 2. The van der Waals surface area contributed by atoms with E-state index in [9.17, 15) is 46.1 Å². The van der Waals surface area contributed by atoms with Gasteiger partial charge in [-0.3, -0.25) is 0 Å². The Balaban J connectivity index is 0.000000250. The van der Waals surface area contributed by atoms with E-state index >= 15 is 0 Å². The maximum absolute atomic E-state index is 12.6. The van der Waals surface area contributed by atoms with Gasteiger partial charge in [0.25, 0.3) is 0 Å². The van der Waals surface area contributed by atoms with Crippen LogP contribution in [0.3, 0.4) is 0 Å². The van der Waals surface area contributed by atoms with E-state index in [0.29, 0.717) is 42.9 Å². The van der Waals surface area contributed by atoms with E-state index in [1.54, 1.807) is 6.07 Å². The molecule has 4 aromatic rings. The lowest BCUT2D eigenvalue weighted by Crippen LogP contribution is -2.08. The van der Waals surface area contributed by atoms with Crippen LogP contribution in [0, 0.1) is 0 Å². The monoisotopic (exact) mass is 650 g/mol. The summed E-state index contributed by atoms with van der Waals surface area (Å²) in [7, 11) is 0. The topological polar surface area (TPSA) is 139 Å². The number of aromatic carboxylic acids is 2. The molecule has 4 rings (SSSR count). The van der Waals surface area contributed by atoms with Crippen LogP contribution in [0.1, 0.15) is 43.0 Å². The van der Waals surface area contributed by atoms with E-state index in [0.717, 1.165) is 29.8 Å². The molecule has 0 fully saturated rings. The zero-order valence-electron chi connectivity index (χ0n) is 23.8. The first-order valence-corrected chi connectivity index (χ1v) is 13.5. The van der Waals surface area contributed by atoms with Gasteiger partial charge in [-0.15, -0.1) is 0 Å². The minimum absolute atomic E-state index is 0.218. The van der Waals surface area contributed by atoms with Gasteiger partial charge in [0, 0.05) is 24.5 Å². The van der Waals surface area contributed by atoms with Crippen molar-refractivity contribution in [3.05, 3.63) is 118 Å². The minimum Gasteiger partial charge on any atom is -0.507 e. The molecule has 0 atom stereocenters. The molecule has 4 aromatic carbocycles. The summed E-state index contributed by atoms with van der Waals surface area (Å²) >= 11 is 0. The third-order valence-corrected chi connectivity index (χ3v) is 6.48. The van der Waals surface area contributed by atoms with Crippen LogP contribution in [-0.2, 0) is 25.2 Å². The van der Waals surface area contributed by atoms with Crippen molar-refractivity contribution in [2.45, 2.75) is 25.2 Å². The summed E-state index contributed by atoms with van der Waals surface area (Å²) < 4.78 is 75.2. The highest BCUT2D eigenvalue weighted by molar-refractivity contribution is 5.92. The number of hydrogen-bond acceptors (Lipinski definition) is 6. The summed E-state index contributed by atoms with van der Waals surface area (Å²) in [5, 5.41) is 42.5. The zero-order chi connectivity index (χ0) is 34.1. The first-order valence-electron chi connectivity index (χ1n) is 13.5. The molecule has 0 aliphatic rings. The van der Waals surface area contributed by atoms with Crippen molar-refractivity contribution in [1.29, 1.82) is 0 Å². The SMILES string of the molecule is O=C(O)c1cc(NCCc2ccc(C(F)(F)F)cc2)ccc1O.O=C(O)c1cc(NCCc2cccc(C(F)(F)F)c2)ccc1O. The van der Waals surface area contributed by atoms with Crippen molar-refractivity contribution in [3.63, 3.8) is 0 Å². The number of phenols is 2. The third-order valence-electron chi connectivity index (χ3n) is 6.48. The van der Waals surface area contributed by atoms with Crippen LogP contribution < -0.4 is 10.6 Å². The van der Waals surface area contributed by atoms with Crippen LogP contribution >= 0.6 is 0 Å². The van der Waals surface area contributed by atoms with Crippen LogP contribution in [0.5, 0.6) is 11.5 Å². The summed E-state index contributed by atoms with van der Waals surface area (Å²) in [6.07, 6.45) is -7.92. The third kappa shape index (κ3) is 10.4. The molecule has 0 amide bonds. The fourth-order valence-corrected chi connectivity index (χ4v) is 4.10. The molecule has 0 bridgehead atoms. The molecule has 0 heterocycles. The Bertz CT molecular complexity index is 1660. The second-order valence-electron chi connectivity index (χ2n) is 9.82. The molecule has 244 valence electrons. The number of carboxylic acid groups (broad SMARTS) is 2. The number of rotatable bonds is 10. The number of alkyl halides is 6. The normalized spacial score (nSPS) is 11.3. The van der Waals surface area contributed by atoms with Gasteiger partial charge < -0.3 is 31.1 Å². The van der Waals surface area contributed by atoms with Crippen molar-refractivity contribution < 1.29 is 56.4 Å². The number of benzene rings is 4. The maximum atomic E-state index is 12.6. The Morgan fingerprint density at radius 1 is 0.565 bits per heavy atom. The zero-order valence-corrected chi connectivity index (χ0v) is 23.8. The standard InChI is InChI=1S/2C16H14F3NO3/c17-16(18,19)11-3-1-10(2-4-11)7-8-20-12-5-6-14(21)13(9-12)15(22)23;17-16(18,19)11-3-1-2-10(8-11)6-7-20-12-4-5-14(21)13(9-12)15(22)23/h1-6,9,20-21H,7-8H2,(H,22,23);1-5,8-9,20-21H,6-7H2,(H,22,23). The molecule has 46 heavy (non-hydrogen) atoms. The van der Waals surface area contributed by atoms with E-state index in [1.165, 1.54) is 54.6 Å². The molecule has 6 N–H and O–H groups in total. The van der Waals surface area contributed by atoms with Crippen LogP contribution in [0.2, 0.25) is 0 Å². The van der Waals surface area contributed by atoms with Gasteiger partial charge in [0.1, 0.15) is 22.6 Å². The molecular formula is C32H28F6N2O6. The molecule has 0 radical (unpaired) electrons. The van der Waals surface area contributed by atoms with Crippen molar-refractivity contribution in [3.8, 4) is 11.5 Å². The van der Waals surface area contributed by atoms with Gasteiger partial charge in [-0.05, 0) is 78.6 Å². The summed E-state index contributed by atoms with van der Waals surface area (Å²) in [5.74, 6) is -3.18. The molecule has 0 aromatic heterocycles. The van der Waals surface area contributed by atoms with Gasteiger partial charge in [-0.1, -0.05) is 30.3 Å². The second-order valence-corrected chi connectivity index (χ2v) is 9.82. The number of anilines is 2. The molecule has 0 unspecified atom stereocenters. The summed E-state index contributed by atoms with van der Waals surface area (Å²) in [5.41, 5.74) is 0.358. The predicted molar refractivity (Wildman–Crippen MR) is 157 cm³/mol. The number of carbonyl (C=O) groups is 2. The molecule has 0 aliphatic heterocycles. The lowest BCUT2D eigenvalue weighted by atomic mass is 10.1. The van der Waals surface area contributed by atoms with Gasteiger partial charge in [-0.25, -0.2) is 9.59 Å². The molecule has 0 saturated carbocycles. The first kappa shape index (κ1) is 35.1. The van der Waals surface area contributed by atoms with Crippen molar-refractivity contribution >= 4 is 23.3 Å². The first-order chi connectivity index (χ1) is 21.5. The van der Waals surface area contributed by atoms with E-state index in [1.807, 2.05) is 0 Å². The van der Waals surface area contributed by atoms with Crippen molar-refractivity contribution in [2.75, 3.05) is 23.7 Å². The Labute approximate surface area is 258 Å². The van der Waals surface area contributed by atoms with E-state index in [-0.39, 0.29) is 22.6 Å². The fraction of sp³-hybridized carbons (Fsp3) is 0.188. The fourth-order valence-electron chi connectivity index (χ4n) is 4.10. The molecule has 14 heteroatoms. The highest BCUT2D eigenvalue weighted by Gasteiger charge is 2.30. The average Bonchev–Trinajstić information content (AvgIpc) is 2.98. The Kier molecular flexibility index (Phi) is 11.5. The number of halogens is 6. The van der Waals surface area contributed by atoms with Crippen molar-refractivity contribution in [1.82, 2.24) is 0 Å². The van der Waals surface area contributed by atoms with Gasteiger partial charge >= 0.3 is 24.3 Å². The van der Waals surface area contributed by atoms with Gasteiger partial charge in [0.05, 0.1) is 11.1 Å². The Morgan fingerprint density at radius 3 is 1.46 bits per heavy atom. The lowest BCUT2D eigenvalue weighted by molar-refractivity contribution is -0.138. The number of aromatic hydroxyl groups is 2. The molecule has 8 nitrogen and oxygen atoms in total. The lowest BCUT2D eigenvalue weighted by Gasteiger charge is -2.10. The number of hydrogen-bond donors (Lipinski definition) is 6. The van der Waals surface area contributed by atoms with E-state index in [2.05, 4.69) is 10.6 Å². The second kappa shape index (κ2) is 15.1. The van der Waals surface area contributed by atoms with E-state index in [4.69, 9.17) is 10.2 Å². The largest absolute Gasteiger partial charge is 0.507 e. The summed E-state index contributed by atoms with van der Waals surface area (Å²) in [4.78, 5) is 21.8. The van der Waals surface area contributed by atoms with Gasteiger partial charge in [-0.2, -0.15) is 26.3 Å². The molecule has 0 spiro atoms. The highest BCUT2D eigenvalue weighted by atomic mass is 19.4. The van der Waals surface area contributed by atoms with Crippen LogP contribution in [-0.4, -0.2) is 45.5 Å². The molecule has 0 aliphatic carbocycles. The maximum Gasteiger partial charge on any atom is 0.416 e. The quantitative estimate of drug-likeness (QED) is 0.0765. The van der Waals surface area contributed by atoms with Crippen molar-refractivity contribution in [2.24, 2.45) is 0 Å². The van der Waals surface area contributed by atoms with Gasteiger partial charge in [0.2, 0.25) is 0 Å². The smallest absolute Gasteiger partial charge is 0.416 e. The summed E-state index contributed by atoms with van der Waals surface area (Å²) in [6, 6.07) is 18.0. The van der Waals surface area contributed by atoms with E-state index < -0.39 is 35.4 Å². The predicted octanol–water partition coefficient (Wildman–Crippen LogP) is 7.53. The van der Waals surface area contributed by atoms with Crippen LogP contribution in [0.4, 0.5) is 37.7 Å². The van der Waals surface area contributed by atoms with Crippen LogP contribution in [0.15, 0.2) is 84.9 Å². The Hall–Kier alpha value is -5.40. The molecule has 0 saturated heterocycles.